The molecule has 0 aliphatic rings. The molecule has 2 rings (SSSR count). The summed E-state index contributed by atoms with van der Waals surface area (Å²) in [5, 5.41) is 10.7. The standard InChI is InChI=1S/C14H11BrClFO/c1-8-3-2-4-10(13(8)16)14(18)11-7-9(15)5-6-12(11)17/h2-7,14,18H,1H3. The number of aliphatic hydroxyl groups excluding tert-OH is 1. The smallest absolute Gasteiger partial charge is 0.129 e. The van der Waals surface area contributed by atoms with Gasteiger partial charge in [0.15, 0.2) is 0 Å². The van der Waals surface area contributed by atoms with E-state index in [1.807, 2.05) is 13.0 Å². The summed E-state index contributed by atoms with van der Waals surface area (Å²) in [7, 11) is 0. The third kappa shape index (κ3) is 2.58. The van der Waals surface area contributed by atoms with Crippen molar-refractivity contribution in [2.24, 2.45) is 0 Å². The van der Waals surface area contributed by atoms with Crippen LogP contribution in [0.3, 0.4) is 0 Å². The number of aryl methyl sites for hydroxylation is 1. The van der Waals surface area contributed by atoms with Crippen LogP contribution >= 0.6 is 27.5 Å². The highest BCUT2D eigenvalue weighted by Crippen LogP contribution is 2.32. The molecule has 1 N–H and O–H groups in total. The van der Waals surface area contributed by atoms with E-state index in [1.54, 1.807) is 24.3 Å². The second-order valence-electron chi connectivity index (χ2n) is 4.05. The van der Waals surface area contributed by atoms with Crippen LogP contribution in [-0.2, 0) is 0 Å². The van der Waals surface area contributed by atoms with Crippen LogP contribution < -0.4 is 0 Å². The molecule has 0 bridgehead atoms. The van der Waals surface area contributed by atoms with E-state index in [4.69, 9.17) is 11.6 Å². The van der Waals surface area contributed by atoms with E-state index in [0.29, 0.717) is 15.1 Å². The lowest BCUT2D eigenvalue weighted by molar-refractivity contribution is 0.215. The molecule has 2 aromatic carbocycles. The molecule has 0 spiro atoms. The number of hydrogen-bond donors (Lipinski definition) is 1. The number of halogens is 3. The molecular weight excluding hydrogens is 319 g/mol. The number of hydrogen-bond acceptors (Lipinski definition) is 1. The molecule has 4 heteroatoms. The average Bonchev–Trinajstić information content (AvgIpc) is 2.35. The third-order valence-corrected chi connectivity index (χ3v) is 3.78. The maximum Gasteiger partial charge on any atom is 0.129 e. The maximum absolute atomic E-state index is 13.7. The van der Waals surface area contributed by atoms with Crippen molar-refractivity contribution in [2.45, 2.75) is 13.0 Å². The van der Waals surface area contributed by atoms with E-state index in [0.717, 1.165) is 5.56 Å². The molecule has 0 saturated carbocycles. The first-order chi connectivity index (χ1) is 8.50. The van der Waals surface area contributed by atoms with Crippen molar-refractivity contribution < 1.29 is 9.50 Å². The Labute approximate surface area is 118 Å². The lowest BCUT2D eigenvalue weighted by Gasteiger charge is -2.15. The van der Waals surface area contributed by atoms with E-state index < -0.39 is 11.9 Å². The van der Waals surface area contributed by atoms with Crippen LogP contribution in [0, 0.1) is 12.7 Å². The van der Waals surface area contributed by atoms with Gasteiger partial charge in [0.2, 0.25) is 0 Å². The van der Waals surface area contributed by atoms with Gasteiger partial charge in [0, 0.05) is 20.6 Å². The van der Waals surface area contributed by atoms with Gasteiger partial charge in [-0.15, -0.1) is 0 Å². The molecule has 18 heavy (non-hydrogen) atoms. The van der Waals surface area contributed by atoms with Gasteiger partial charge in [-0.05, 0) is 30.7 Å². The van der Waals surface area contributed by atoms with Gasteiger partial charge in [-0.2, -0.15) is 0 Å². The Morgan fingerprint density at radius 1 is 1.22 bits per heavy atom. The summed E-state index contributed by atoms with van der Waals surface area (Å²) >= 11 is 9.40. The lowest BCUT2D eigenvalue weighted by atomic mass is 9.99. The SMILES string of the molecule is Cc1cccc(C(O)c2cc(Br)ccc2F)c1Cl. The third-order valence-electron chi connectivity index (χ3n) is 2.77. The van der Waals surface area contributed by atoms with E-state index in [2.05, 4.69) is 15.9 Å². The molecule has 0 aliphatic heterocycles. The quantitative estimate of drug-likeness (QED) is 0.851. The Balaban J connectivity index is 2.51. The summed E-state index contributed by atoms with van der Waals surface area (Å²) < 4.78 is 14.4. The second-order valence-corrected chi connectivity index (χ2v) is 5.34. The Morgan fingerprint density at radius 3 is 2.67 bits per heavy atom. The van der Waals surface area contributed by atoms with Gasteiger partial charge in [-0.3, -0.25) is 0 Å². The highest BCUT2D eigenvalue weighted by Gasteiger charge is 2.18. The molecular formula is C14H11BrClFO. The molecule has 1 nitrogen and oxygen atoms in total. The molecule has 94 valence electrons. The molecule has 0 aromatic heterocycles. The number of benzene rings is 2. The Bertz CT molecular complexity index is 584. The van der Waals surface area contributed by atoms with E-state index in [-0.39, 0.29) is 5.56 Å². The topological polar surface area (TPSA) is 20.2 Å². The van der Waals surface area contributed by atoms with Crippen molar-refractivity contribution in [1.29, 1.82) is 0 Å². The van der Waals surface area contributed by atoms with Gasteiger partial charge < -0.3 is 5.11 Å². The molecule has 1 atom stereocenters. The monoisotopic (exact) mass is 328 g/mol. The van der Waals surface area contributed by atoms with E-state index in [1.165, 1.54) is 6.07 Å². The minimum Gasteiger partial charge on any atom is -0.383 e. The van der Waals surface area contributed by atoms with Crippen LogP contribution in [0.15, 0.2) is 40.9 Å². The van der Waals surface area contributed by atoms with Crippen molar-refractivity contribution in [3.8, 4) is 0 Å². The predicted molar refractivity (Wildman–Crippen MR) is 74.4 cm³/mol. The fourth-order valence-corrected chi connectivity index (χ4v) is 2.38. The zero-order valence-corrected chi connectivity index (χ0v) is 12.0. The van der Waals surface area contributed by atoms with E-state index >= 15 is 0 Å². The fraction of sp³-hybridized carbons (Fsp3) is 0.143. The highest BCUT2D eigenvalue weighted by atomic mass is 79.9. The van der Waals surface area contributed by atoms with Gasteiger partial charge in [0.05, 0.1) is 0 Å². The Morgan fingerprint density at radius 2 is 1.94 bits per heavy atom. The summed E-state index contributed by atoms with van der Waals surface area (Å²) in [4.78, 5) is 0. The number of rotatable bonds is 2. The maximum atomic E-state index is 13.7. The normalized spacial score (nSPS) is 12.5. The average molecular weight is 330 g/mol. The van der Waals surface area contributed by atoms with Crippen molar-refractivity contribution in [1.82, 2.24) is 0 Å². The molecule has 0 amide bonds. The summed E-state index contributed by atoms with van der Waals surface area (Å²) in [6.07, 6.45) is -1.07. The van der Waals surface area contributed by atoms with Crippen molar-refractivity contribution >= 4 is 27.5 Å². The van der Waals surface area contributed by atoms with Gasteiger partial charge >= 0.3 is 0 Å². The van der Waals surface area contributed by atoms with Crippen molar-refractivity contribution in [3.05, 3.63) is 68.4 Å². The molecule has 0 saturated heterocycles. The van der Waals surface area contributed by atoms with Gasteiger partial charge in [0.1, 0.15) is 11.9 Å². The Kier molecular flexibility index (Phi) is 4.05. The van der Waals surface area contributed by atoms with Crippen LogP contribution in [0.5, 0.6) is 0 Å². The molecule has 0 fully saturated rings. The summed E-state index contributed by atoms with van der Waals surface area (Å²) in [5.74, 6) is -0.455. The zero-order chi connectivity index (χ0) is 13.3. The van der Waals surface area contributed by atoms with Crippen molar-refractivity contribution in [2.75, 3.05) is 0 Å². The van der Waals surface area contributed by atoms with Gasteiger partial charge in [0.25, 0.3) is 0 Å². The number of aliphatic hydroxyl groups is 1. The molecule has 1 unspecified atom stereocenters. The first-order valence-electron chi connectivity index (χ1n) is 5.38. The molecule has 0 aliphatic carbocycles. The second kappa shape index (κ2) is 5.39. The minimum atomic E-state index is -1.07. The summed E-state index contributed by atoms with van der Waals surface area (Å²) in [6.45, 7) is 1.84. The predicted octanol–water partition coefficient (Wildman–Crippen LogP) is 4.63. The largest absolute Gasteiger partial charge is 0.383 e. The molecule has 0 heterocycles. The zero-order valence-electron chi connectivity index (χ0n) is 9.62. The molecule has 2 aromatic rings. The first-order valence-corrected chi connectivity index (χ1v) is 6.56. The van der Waals surface area contributed by atoms with Gasteiger partial charge in [-0.1, -0.05) is 45.7 Å². The lowest BCUT2D eigenvalue weighted by Crippen LogP contribution is -2.04. The molecule has 0 radical (unpaired) electrons. The van der Waals surface area contributed by atoms with Crippen LogP contribution in [0.4, 0.5) is 4.39 Å². The van der Waals surface area contributed by atoms with E-state index in [9.17, 15) is 9.50 Å². The van der Waals surface area contributed by atoms with Crippen LogP contribution in [0.2, 0.25) is 5.02 Å². The van der Waals surface area contributed by atoms with Crippen LogP contribution in [-0.4, -0.2) is 5.11 Å². The fourth-order valence-electron chi connectivity index (χ4n) is 1.77. The highest BCUT2D eigenvalue weighted by molar-refractivity contribution is 9.10. The van der Waals surface area contributed by atoms with Crippen LogP contribution in [0.25, 0.3) is 0 Å². The minimum absolute atomic E-state index is 0.205. The summed E-state index contributed by atoms with van der Waals surface area (Å²) in [5.41, 5.74) is 1.56. The van der Waals surface area contributed by atoms with Crippen LogP contribution in [0.1, 0.15) is 22.8 Å². The van der Waals surface area contributed by atoms with Gasteiger partial charge in [-0.25, -0.2) is 4.39 Å². The summed E-state index contributed by atoms with van der Waals surface area (Å²) in [6, 6.07) is 9.78. The van der Waals surface area contributed by atoms with Crippen molar-refractivity contribution in [3.63, 3.8) is 0 Å². The first kappa shape index (κ1) is 13.5. The Hall–Kier alpha value is -0.900.